The van der Waals surface area contributed by atoms with Crippen molar-refractivity contribution in [1.82, 2.24) is 0 Å². The van der Waals surface area contributed by atoms with Crippen LogP contribution in [0.1, 0.15) is 92.3 Å². The molecule has 0 saturated heterocycles. The van der Waals surface area contributed by atoms with Crippen LogP contribution < -0.4 is 4.74 Å². The SMILES string of the molecule is CCCCCCCCCCCCOc1ccccc1C(Sc1cccc(C(=O)O)c1)C(O)C(=O)O. The van der Waals surface area contributed by atoms with Crippen molar-refractivity contribution in [3.05, 3.63) is 59.7 Å². The number of carboxylic acid groups (broad SMARTS) is 2. The minimum absolute atomic E-state index is 0.101. The Morgan fingerprint density at radius 1 is 0.857 bits per heavy atom. The highest BCUT2D eigenvalue weighted by Gasteiger charge is 2.31. The van der Waals surface area contributed by atoms with E-state index in [-0.39, 0.29) is 5.56 Å². The van der Waals surface area contributed by atoms with Crippen LogP contribution >= 0.6 is 11.8 Å². The van der Waals surface area contributed by atoms with Crippen LogP contribution in [0.5, 0.6) is 5.75 Å². The molecule has 192 valence electrons. The summed E-state index contributed by atoms with van der Waals surface area (Å²) in [6.45, 7) is 2.75. The number of ether oxygens (including phenoxy) is 1. The first-order chi connectivity index (χ1) is 16.9. The van der Waals surface area contributed by atoms with E-state index in [1.165, 1.54) is 63.5 Å². The summed E-state index contributed by atoms with van der Waals surface area (Å²) in [6.07, 6.45) is 10.6. The minimum Gasteiger partial charge on any atom is -0.493 e. The Bertz CT molecular complexity index is 916. The van der Waals surface area contributed by atoms with Gasteiger partial charge < -0.3 is 20.1 Å². The van der Waals surface area contributed by atoms with E-state index in [0.717, 1.165) is 24.6 Å². The summed E-state index contributed by atoms with van der Waals surface area (Å²) >= 11 is 1.11. The number of unbranched alkanes of at least 4 members (excludes halogenated alkanes) is 9. The van der Waals surface area contributed by atoms with Crippen molar-refractivity contribution in [2.45, 2.75) is 87.4 Å². The van der Waals surface area contributed by atoms with Crippen molar-refractivity contribution in [2.75, 3.05) is 6.61 Å². The van der Waals surface area contributed by atoms with Crippen LogP contribution in [0.25, 0.3) is 0 Å². The van der Waals surface area contributed by atoms with Crippen molar-refractivity contribution < 1.29 is 29.6 Å². The highest BCUT2D eigenvalue weighted by atomic mass is 32.2. The summed E-state index contributed by atoms with van der Waals surface area (Å²) in [5, 5.41) is 28.4. The number of rotatable bonds is 18. The van der Waals surface area contributed by atoms with Gasteiger partial charge in [-0.05, 0) is 30.7 Å². The highest BCUT2D eigenvalue weighted by molar-refractivity contribution is 7.99. The molecule has 2 rings (SSSR count). The van der Waals surface area contributed by atoms with Crippen LogP contribution in [0.15, 0.2) is 53.4 Å². The first-order valence-corrected chi connectivity index (χ1v) is 13.4. The zero-order valence-corrected chi connectivity index (χ0v) is 21.3. The molecular formula is C28H38O6S. The van der Waals surface area contributed by atoms with Crippen LogP contribution in [-0.4, -0.2) is 40.0 Å². The molecule has 7 heteroatoms. The summed E-state index contributed by atoms with van der Waals surface area (Å²) in [7, 11) is 0. The number of aliphatic hydroxyl groups excluding tert-OH is 1. The number of thioether (sulfide) groups is 1. The fourth-order valence-corrected chi connectivity index (χ4v) is 5.11. The van der Waals surface area contributed by atoms with Crippen molar-refractivity contribution in [3.8, 4) is 5.75 Å². The van der Waals surface area contributed by atoms with Gasteiger partial charge >= 0.3 is 11.9 Å². The average molecular weight is 503 g/mol. The zero-order valence-electron chi connectivity index (χ0n) is 20.5. The van der Waals surface area contributed by atoms with E-state index in [1.807, 2.05) is 6.07 Å². The maximum atomic E-state index is 11.7. The molecule has 35 heavy (non-hydrogen) atoms. The van der Waals surface area contributed by atoms with Crippen molar-refractivity contribution >= 4 is 23.7 Å². The largest absolute Gasteiger partial charge is 0.493 e. The molecule has 0 saturated carbocycles. The topological polar surface area (TPSA) is 104 Å². The fourth-order valence-electron chi connectivity index (χ4n) is 3.90. The van der Waals surface area contributed by atoms with Gasteiger partial charge in [0.1, 0.15) is 5.75 Å². The number of aromatic carboxylic acids is 1. The van der Waals surface area contributed by atoms with E-state index in [9.17, 15) is 24.9 Å². The molecule has 0 aliphatic carbocycles. The molecule has 3 N–H and O–H groups in total. The normalized spacial score (nSPS) is 12.7. The van der Waals surface area contributed by atoms with E-state index >= 15 is 0 Å². The number of aliphatic hydroxyl groups is 1. The molecule has 0 amide bonds. The molecule has 6 nitrogen and oxygen atoms in total. The Morgan fingerprint density at radius 3 is 2.11 bits per heavy atom. The van der Waals surface area contributed by atoms with Crippen molar-refractivity contribution in [3.63, 3.8) is 0 Å². The van der Waals surface area contributed by atoms with E-state index in [4.69, 9.17) is 4.74 Å². The van der Waals surface area contributed by atoms with Crippen LogP contribution in [0.2, 0.25) is 0 Å². The van der Waals surface area contributed by atoms with Crippen molar-refractivity contribution in [1.29, 1.82) is 0 Å². The Kier molecular flexibility index (Phi) is 13.3. The third-order valence-electron chi connectivity index (χ3n) is 5.86. The Labute approximate surface area is 212 Å². The van der Waals surface area contributed by atoms with E-state index in [2.05, 4.69) is 6.92 Å². The van der Waals surface area contributed by atoms with Gasteiger partial charge in [0.2, 0.25) is 0 Å². The minimum atomic E-state index is -1.68. The Hall–Kier alpha value is -2.51. The standard InChI is InChI=1S/C28H38O6S/c1-2-3-4-5-6-7-8-9-10-13-19-34-24-18-12-11-17-23(24)26(25(29)28(32)33)35-22-16-14-15-21(20-22)27(30)31/h11-12,14-18,20,25-26,29H,2-10,13,19H2,1H3,(H,30,31)(H,32,33). The number of carboxylic acids is 2. The smallest absolute Gasteiger partial charge is 0.335 e. The molecular weight excluding hydrogens is 464 g/mol. The first-order valence-electron chi connectivity index (χ1n) is 12.6. The summed E-state index contributed by atoms with van der Waals surface area (Å²) in [5.41, 5.74) is 0.671. The second kappa shape index (κ2) is 16.2. The number of aliphatic carboxylic acids is 1. The lowest BCUT2D eigenvalue weighted by molar-refractivity contribution is -0.146. The van der Waals surface area contributed by atoms with E-state index < -0.39 is 23.3 Å². The summed E-state index contributed by atoms with van der Waals surface area (Å²) in [5.74, 6) is -1.87. The van der Waals surface area contributed by atoms with Gasteiger partial charge in [-0.1, -0.05) is 89.0 Å². The van der Waals surface area contributed by atoms with Crippen LogP contribution in [0.3, 0.4) is 0 Å². The lowest BCUT2D eigenvalue weighted by Gasteiger charge is -2.23. The maximum absolute atomic E-state index is 11.7. The summed E-state index contributed by atoms with van der Waals surface area (Å²) in [4.78, 5) is 23.5. The molecule has 0 aliphatic rings. The molecule has 2 unspecified atom stereocenters. The number of carbonyl (C=O) groups is 2. The highest BCUT2D eigenvalue weighted by Crippen LogP contribution is 2.42. The van der Waals surface area contributed by atoms with Gasteiger partial charge in [0.05, 0.1) is 17.4 Å². The Balaban J connectivity index is 1.95. The third-order valence-corrected chi connectivity index (χ3v) is 7.16. The molecule has 2 aromatic rings. The molecule has 0 radical (unpaired) electrons. The number of para-hydroxylation sites is 1. The lowest BCUT2D eigenvalue weighted by Crippen LogP contribution is -2.26. The molecule has 0 aliphatic heterocycles. The molecule has 0 aromatic heterocycles. The molecule has 2 aromatic carbocycles. The third kappa shape index (κ3) is 10.3. The predicted octanol–water partition coefficient (Wildman–Crippen LogP) is 6.96. The van der Waals surface area contributed by atoms with Crippen molar-refractivity contribution in [2.24, 2.45) is 0 Å². The second-order valence-corrected chi connectivity index (χ2v) is 9.94. The quantitative estimate of drug-likeness (QED) is 0.149. The van der Waals surface area contributed by atoms with Crippen LogP contribution in [-0.2, 0) is 4.79 Å². The number of hydrogen-bond acceptors (Lipinski definition) is 5. The first kappa shape index (κ1) is 28.7. The molecule has 0 bridgehead atoms. The van der Waals surface area contributed by atoms with Crippen LogP contribution in [0, 0.1) is 0 Å². The van der Waals surface area contributed by atoms with Gasteiger partial charge in [0, 0.05) is 10.5 Å². The second-order valence-electron chi connectivity index (χ2n) is 8.72. The van der Waals surface area contributed by atoms with Gasteiger partial charge in [-0.25, -0.2) is 9.59 Å². The molecule has 2 atom stereocenters. The fraction of sp³-hybridized carbons (Fsp3) is 0.500. The van der Waals surface area contributed by atoms with Gasteiger partial charge in [0.15, 0.2) is 6.10 Å². The van der Waals surface area contributed by atoms with Gasteiger partial charge in [-0.3, -0.25) is 0 Å². The van der Waals surface area contributed by atoms with Gasteiger partial charge in [0.25, 0.3) is 0 Å². The molecule has 0 spiro atoms. The van der Waals surface area contributed by atoms with E-state index in [1.54, 1.807) is 30.3 Å². The maximum Gasteiger partial charge on any atom is 0.335 e. The lowest BCUT2D eigenvalue weighted by atomic mass is 10.1. The predicted molar refractivity (Wildman–Crippen MR) is 139 cm³/mol. The monoisotopic (exact) mass is 502 g/mol. The zero-order chi connectivity index (χ0) is 25.5. The summed E-state index contributed by atoms with van der Waals surface area (Å²) < 4.78 is 6.01. The molecule has 0 fully saturated rings. The number of hydrogen-bond donors (Lipinski definition) is 3. The Morgan fingerprint density at radius 2 is 1.49 bits per heavy atom. The van der Waals surface area contributed by atoms with Gasteiger partial charge in [-0.15, -0.1) is 11.8 Å². The number of benzene rings is 2. The average Bonchev–Trinajstić information content (AvgIpc) is 2.86. The van der Waals surface area contributed by atoms with Gasteiger partial charge in [-0.2, -0.15) is 0 Å². The summed E-state index contributed by atoms with van der Waals surface area (Å²) in [6, 6.07) is 13.4. The van der Waals surface area contributed by atoms with Crippen LogP contribution in [0.4, 0.5) is 0 Å². The molecule has 0 heterocycles. The van der Waals surface area contributed by atoms with E-state index in [0.29, 0.717) is 22.8 Å².